The van der Waals surface area contributed by atoms with Crippen LogP contribution in [0.4, 0.5) is 4.79 Å². The molecule has 0 spiro atoms. The molecular weight excluding hydrogens is 406 g/mol. The van der Waals surface area contributed by atoms with E-state index in [1.165, 1.54) is 4.90 Å². The van der Waals surface area contributed by atoms with E-state index in [9.17, 15) is 14.7 Å². The van der Waals surface area contributed by atoms with Crippen molar-refractivity contribution in [3.05, 3.63) is 90.0 Å². The second-order valence-corrected chi connectivity index (χ2v) is 7.82. The molecule has 4 rings (SSSR count). The zero-order valence-corrected chi connectivity index (χ0v) is 17.8. The molecule has 1 atom stereocenters. The standard InChI is InChI=1S/C26H25NO5/c1-18(32-19-9-3-2-4-10-19)15-27(16-25(28)29)26(30)31-17-24-22-13-7-5-11-20(22)21-12-6-8-14-23(21)24/h2-14,18,24H,15-17H2,1H3,(H,28,29)/t18-/m0/s1. The van der Waals surface area contributed by atoms with E-state index in [0.717, 1.165) is 22.3 Å². The first-order chi connectivity index (χ1) is 15.5. The van der Waals surface area contributed by atoms with Gasteiger partial charge in [-0.2, -0.15) is 0 Å². The second-order valence-electron chi connectivity index (χ2n) is 7.82. The molecule has 0 saturated heterocycles. The van der Waals surface area contributed by atoms with Gasteiger partial charge in [-0.25, -0.2) is 4.79 Å². The largest absolute Gasteiger partial charge is 0.489 e. The van der Waals surface area contributed by atoms with Gasteiger partial charge in [-0.05, 0) is 41.3 Å². The van der Waals surface area contributed by atoms with Gasteiger partial charge in [0.05, 0.1) is 6.54 Å². The van der Waals surface area contributed by atoms with E-state index in [-0.39, 0.29) is 19.1 Å². The van der Waals surface area contributed by atoms with Gasteiger partial charge in [0, 0.05) is 5.92 Å². The summed E-state index contributed by atoms with van der Waals surface area (Å²) in [5, 5.41) is 9.29. The summed E-state index contributed by atoms with van der Waals surface area (Å²) < 4.78 is 11.4. The first-order valence-corrected chi connectivity index (χ1v) is 10.6. The van der Waals surface area contributed by atoms with Crippen molar-refractivity contribution in [1.82, 2.24) is 4.90 Å². The Kier molecular flexibility index (Phi) is 6.40. The highest BCUT2D eigenvalue weighted by atomic mass is 16.6. The van der Waals surface area contributed by atoms with Crippen molar-refractivity contribution in [3.63, 3.8) is 0 Å². The maximum atomic E-state index is 12.8. The Bertz CT molecular complexity index is 1050. The number of aliphatic carboxylic acids is 1. The fraction of sp³-hybridized carbons (Fsp3) is 0.231. The number of hydrogen-bond acceptors (Lipinski definition) is 4. The smallest absolute Gasteiger partial charge is 0.410 e. The summed E-state index contributed by atoms with van der Waals surface area (Å²) in [7, 11) is 0. The lowest BCUT2D eigenvalue weighted by molar-refractivity contribution is -0.138. The van der Waals surface area contributed by atoms with E-state index >= 15 is 0 Å². The number of rotatable bonds is 8. The molecule has 164 valence electrons. The highest BCUT2D eigenvalue weighted by molar-refractivity contribution is 5.79. The van der Waals surface area contributed by atoms with Crippen LogP contribution < -0.4 is 4.74 Å². The monoisotopic (exact) mass is 431 g/mol. The summed E-state index contributed by atoms with van der Waals surface area (Å²) in [6.07, 6.45) is -1.07. The third-order valence-electron chi connectivity index (χ3n) is 5.48. The predicted octanol–water partition coefficient (Wildman–Crippen LogP) is 4.79. The zero-order chi connectivity index (χ0) is 22.5. The number of nitrogens with zero attached hydrogens (tertiary/aromatic N) is 1. The van der Waals surface area contributed by atoms with Gasteiger partial charge < -0.3 is 14.6 Å². The molecule has 0 aliphatic heterocycles. The van der Waals surface area contributed by atoms with Crippen LogP contribution in [0.5, 0.6) is 5.75 Å². The van der Waals surface area contributed by atoms with Gasteiger partial charge in [0.15, 0.2) is 0 Å². The molecule has 0 saturated carbocycles. The van der Waals surface area contributed by atoms with Crippen LogP contribution in [0.15, 0.2) is 78.9 Å². The highest BCUT2D eigenvalue weighted by Gasteiger charge is 2.30. The Morgan fingerprint density at radius 1 is 0.906 bits per heavy atom. The molecule has 0 fully saturated rings. The summed E-state index contributed by atoms with van der Waals surface area (Å²) in [5.41, 5.74) is 4.48. The number of carbonyl (C=O) groups excluding carboxylic acids is 1. The van der Waals surface area contributed by atoms with E-state index in [0.29, 0.717) is 5.75 Å². The molecule has 1 aliphatic carbocycles. The summed E-state index contributed by atoms with van der Waals surface area (Å²) in [5.74, 6) is -0.538. The van der Waals surface area contributed by atoms with Crippen LogP contribution in [-0.2, 0) is 9.53 Å². The lowest BCUT2D eigenvalue weighted by Crippen LogP contribution is -2.42. The van der Waals surface area contributed by atoms with E-state index < -0.39 is 24.7 Å². The Morgan fingerprint density at radius 3 is 2.06 bits per heavy atom. The number of amides is 1. The van der Waals surface area contributed by atoms with E-state index in [2.05, 4.69) is 12.1 Å². The topological polar surface area (TPSA) is 76.1 Å². The number of fused-ring (bicyclic) bond motifs is 3. The summed E-state index contributed by atoms with van der Waals surface area (Å²) in [6.45, 7) is 1.56. The lowest BCUT2D eigenvalue weighted by atomic mass is 9.98. The third-order valence-corrected chi connectivity index (χ3v) is 5.48. The van der Waals surface area contributed by atoms with Gasteiger partial charge >= 0.3 is 12.1 Å². The fourth-order valence-corrected chi connectivity index (χ4v) is 4.13. The minimum absolute atomic E-state index is 0.0870. The van der Waals surface area contributed by atoms with Crippen molar-refractivity contribution in [1.29, 1.82) is 0 Å². The molecule has 0 bridgehead atoms. The molecular formula is C26H25NO5. The van der Waals surface area contributed by atoms with Crippen LogP contribution in [0.1, 0.15) is 24.0 Å². The molecule has 3 aromatic rings. The van der Waals surface area contributed by atoms with Gasteiger partial charge in [-0.15, -0.1) is 0 Å². The maximum absolute atomic E-state index is 12.8. The first kappa shape index (κ1) is 21.4. The van der Waals surface area contributed by atoms with Crippen molar-refractivity contribution in [2.75, 3.05) is 19.7 Å². The molecule has 1 N–H and O–H groups in total. The summed E-state index contributed by atoms with van der Waals surface area (Å²) >= 11 is 0. The summed E-state index contributed by atoms with van der Waals surface area (Å²) in [4.78, 5) is 25.4. The number of carboxylic acid groups (broad SMARTS) is 1. The predicted molar refractivity (Wildman–Crippen MR) is 121 cm³/mol. The molecule has 0 heterocycles. The van der Waals surface area contributed by atoms with Crippen LogP contribution >= 0.6 is 0 Å². The van der Waals surface area contributed by atoms with E-state index in [4.69, 9.17) is 9.47 Å². The molecule has 3 aromatic carbocycles. The van der Waals surface area contributed by atoms with Gasteiger partial charge in [0.2, 0.25) is 0 Å². The van der Waals surface area contributed by atoms with Crippen molar-refractivity contribution in [2.24, 2.45) is 0 Å². The molecule has 6 heteroatoms. The second kappa shape index (κ2) is 9.56. The minimum atomic E-state index is -1.11. The van der Waals surface area contributed by atoms with E-state index in [1.807, 2.05) is 66.7 Å². The molecule has 32 heavy (non-hydrogen) atoms. The number of carboxylic acids is 1. The number of para-hydroxylation sites is 1. The van der Waals surface area contributed by atoms with Crippen molar-refractivity contribution in [3.8, 4) is 16.9 Å². The van der Waals surface area contributed by atoms with Crippen molar-refractivity contribution < 1.29 is 24.2 Å². The molecule has 0 aromatic heterocycles. The Labute approximate surface area is 187 Å². The first-order valence-electron chi connectivity index (χ1n) is 10.6. The van der Waals surface area contributed by atoms with Crippen LogP contribution in [0.2, 0.25) is 0 Å². The molecule has 6 nitrogen and oxygen atoms in total. The average molecular weight is 431 g/mol. The minimum Gasteiger partial charge on any atom is -0.489 e. The highest BCUT2D eigenvalue weighted by Crippen LogP contribution is 2.44. The fourth-order valence-electron chi connectivity index (χ4n) is 4.13. The number of hydrogen-bond donors (Lipinski definition) is 1. The molecule has 1 aliphatic rings. The number of carbonyl (C=O) groups is 2. The van der Waals surface area contributed by atoms with Crippen molar-refractivity contribution >= 4 is 12.1 Å². The van der Waals surface area contributed by atoms with Crippen LogP contribution in [0, 0.1) is 0 Å². The van der Waals surface area contributed by atoms with Crippen LogP contribution in [0.25, 0.3) is 11.1 Å². The SMILES string of the molecule is C[C@@H](CN(CC(=O)O)C(=O)OCC1c2ccccc2-c2ccccc21)Oc1ccccc1. The molecule has 0 radical (unpaired) electrons. The quantitative estimate of drug-likeness (QED) is 0.555. The Balaban J connectivity index is 1.44. The lowest BCUT2D eigenvalue weighted by Gasteiger charge is -2.25. The normalized spacial score (nSPS) is 13.0. The number of ether oxygens (including phenoxy) is 2. The molecule has 1 amide bonds. The summed E-state index contributed by atoms with van der Waals surface area (Å²) in [6, 6.07) is 25.3. The molecule has 0 unspecified atom stereocenters. The Morgan fingerprint density at radius 2 is 1.47 bits per heavy atom. The maximum Gasteiger partial charge on any atom is 0.410 e. The number of benzene rings is 3. The van der Waals surface area contributed by atoms with Gasteiger partial charge in [-0.3, -0.25) is 9.69 Å². The van der Waals surface area contributed by atoms with Gasteiger partial charge in [-0.1, -0.05) is 66.7 Å². The van der Waals surface area contributed by atoms with Crippen molar-refractivity contribution in [2.45, 2.75) is 18.9 Å². The van der Waals surface area contributed by atoms with Crippen LogP contribution in [-0.4, -0.2) is 47.9 Å². The average Bonchev–Trinajstić information content (AvgIpc) is 3.11. The van der Waals surface area contributed by atoms with Crippen LogP contribution in [0.3, 0.4) is 0 Å². The third kappa shape index (κ3) is 4.75. The van der Waals surface area contributed by atoms with E-state index in [1.54, 1.807) is 6.92 Å². The van der Waals surface area contributed by atoms with Gasteiger partial charge in [0.25, 0.3) is 0 Å². The Hall–Kier alpha value is -3.80. The zero-order valence-electron chi connectivity index (χ0n) is 17.8. The van der Waals surface area contributed by atoms with Gasteiger partial charge in [0.1, 0.15) is 25.0 Å².